The predicted molar refractivity (Wildman–Crippen MR) is 85.4 cm³/mol. The quantitative estimate of drug-likeness (QED) is 0.863. The number of benzene rings is 1. The summed E-state index contributed by atoms with van der Waals surface area (Å²) in [5.41, 5.74) is 1.34. The normalized spacial score (nSPS) is 25.5. The molecule has 114 valence electrons. The standard InChI is InChI=1S/C16H20Cl2N2O/c17-16(18)10-14(16)15(21)19-13-6-8-20(9-7-13)11-12-4-2-1-3-5-12/h1-5,13-14H,6-11H2,(H,19,21). The van der Waals surface area contributed by atoms with Gasteiger partial charge < -0.3 is 5.32 Å². The van der Waals surface area contributed by atoms with Gasteiger partial charge in [0.05, 0.1) is 5.92 Å². The van der Waals surface area contributed by atoms with Crippen LogP contribution in [0.1, 0.15) is 24.8 Å². The van der Waals surface area contributed by atoms with Crippen LogP contribution in [0.25, 0.3) is 0 Å². The van der Waals surface area contributed by atoms with Crippen molar-refractivity contribution in [3.05, 3.63) is 35.9 Å². The van der Waals surface area contributed by atoms with E-state index < -0.39 is 4.33 Å². The number of carbonyl (C=O) groups is 1. The average molecular weight is 327 g/mol. The maximum Gasteiger partial charge on any atom is 0.226 e. The summed E-state index contributed by atoms with van der Waals surface area (Å²) < 4.78 is -0.821. The summed E-state index contributed by atoms with van der Waals surface area (Å²) in [7, 11) is 0. The summed E-state index contributed by atoms with van der Waals surface area (Å²) in [5.74, 6) is -0.204. The van der Waals surface area contributed by atoms with Gasteiger partial charge in [0.2, 0.25) is 5.91 Å². The minimum atomic E-state index is -0.821. The first-order valence-electron chi connectivity index (χ1n) is 7.49. The SMILES string of the molecule is O=C(NC1CCN(Cc2ccccc2)CC1)C1CC1(Cl)Cl. The Balaban J connectivity index is 1.42. The highest BCUT2D eigenvalue weighted by Gasteiger charge is 2.56. The lowest BCUT2D eigenvalue weighted by Crippen LogP contribution is -2.45. The number of hydrogen-bond donors (Lipinski definition) is 1. The van der Waals surface area contributed by atoms with E-state index in [4.69, 9.17) is 23.2 Å². The van der Waals surface area contributed by atoms with Crippen molar-refractivity contribution in [2.75, 3.05) is 13.1 Å². The number of likely N-dealkylation sites (tertiary alicyclic amines) is 1. The van der Waals surface area contributed by atoms with Gasteiger partial charge in [0, 0.05) is 25.7 Å². The van der Waals surface area contributed by atoms with Gasteiger partial charge in [0.15, 0.2) is 0 Å². The smallest absolute Gasteiger partial charge is 0.226 e. The third-order valence-corrected chi connectivity index (χ3v) is 5.16. The van der Waals surface area contributed by atoms with Gasteiger partial charge in [0.1, 0.15) is 4.33 Å². The van der Waals surface area contributed by atoms with E-state index in [0.29, 0.717) is 6.42 Å². The number of hydrogen-bond acceptors (Lipinski definition) is 2. The van der Waals surface area contributed by atoms with Gasteiger partial charge in [-0.25, -0.2) is 0 Å². The Morgan fingerprint density at radius 3 is 2.43 bits per heavy atom. The second-order valence-electron chi connectivity index (χ2n) is 6.06. The van der Waals surface area contributed by atoms with Crippen molar-refractivity contribution in [2.45, 2.75) is 36.2 Å². The molecule has 1 amide bonds. The second-order valence-corrected chi connectivity index (χ2v) is 7.60. The van der Waals surface area contributed by atoms with E-state index >= 15 is 0 Å². The van der Waals surface area contributed by atoms with Crippen LogP contribution >= 0.6 is 23.2 Å². The first-order chi connectivity index (χ1) is 10.0. The van der Waals surface area contributed by atoms with Crippen LogP contribution in [0.3, 0.4) is 0 Å². The molecule has 0 spiro atoms. The number of nitrogens with one attached hydrogen (secondary N) is 1. The van der Waals surface area contributed by atoms with Crippen molar-refractivity contribution in [1.29, 1.82) is 0 Å². The molecular weight excluding hydrogens is 307 g/mol. The number of rotatable bonds is 4. The molecule has 1 aliphatic carbocycles. The van der Waals surface area contributed by atoms with Gasteiger partial charge >= 0.3 is 0 Å². The van der Waals surface area contributed by atoms with Gasteiger partial charge in [-0.2, -0.15) is 0 Å². The van der Waals surface area contributed by atoms with E-state index in [1.807, 2.05) is 6.07 Å². The van der Waals surface area contributed by atoms with Gasteiger partial charge in [-0.05, 0) is 24.8 Å². The number of halogens is 2. The van der Waals surface area contributed by atoms with Crippen LogP contribution in [0.4, 0.5) is 0 Å². The molecule has 1 aromatic rings. The van der Waals surface area contributed by atoms with Crippen LogP contribution in [-0.2, 0) is 11.3 Å². The maximum absolute atomic E-state index is 12.0. The highest BCUT2D eigenvalue weighted by atomic mass is 35.5. The Morgan fingerprint density at radius 1 is 1.24 bits per heavy atom. The fourth-order valence-corrected chi connectivity index (χ4v) is 3.38. The summed E-state index contributed by atoms with van der Waals surface area (Å²) in [6, 6.07) is 10.7. The van der Waals surface area contributed by atoms with Crippen LogP contribution in [0.5, 0.6) is 0 Å². The van der Waals surface area contributed by atoms with Gasteiger partial charge in [0.25, 0.3) is 0 Å². The van der Waals surface area contributed by atoms with E-state index in [1.54, 1.807) is 0 Å². The summed E-state index contributed by atoms with van der Waals surface area (Å²) in [6.45, 7) is 3.01. The molecule has 1 saturated heterocycles. The molecule has 0 bridgehead atoms. The Labute approximate surface area is 135 Å². The van der Waals surface area contributed by atoms with E-state index in [1.165, 1.54) is 5.56 Å². The third-order valence-electron chi connectivity index (χ3n) is 4.33. The molecule has 1 saturated carbocycles. The molecule has 1 heterocycles. The first kappa shape index (κ1) is 15.1. The first-order valence-corrected chi connectivity index (χ1v) is 8.25. The lowest BCUT2D eigenvalue weighted by atomic mass is 10.0. The summed E-state index contributed by atoms with van der Waals surface area (Å²) in [4.78, 5) is 14.4. The largest absolute Gasteiger partial charge is 0.353 e. The van der Waals surface area contributed by atoms with Crippen LogP contribution < -0.4 is 5.32 Å². The molecule has 21 heavy (non-hydrogen) atoms. The molecule has 3 rings (SSSR count). The topological polar surface area (TPSA) is 32.3 Å². The van der Waals surface area contributed by atoms with E-state index in [-0.39, 0.29) is 17.9 Å². The van der Waals surface area contributed by atoms with E-state index in [2.05, 4.69) is 34.5 Å². The van der Waals surface area contributed by atoms with Crippen LogP contribution in [0, 0.1) is 5.92 Å². The Hall–Kier alpha value is -0.770. The third kappa shape index (κ3) is 3.91. The molecule has 5 heteroatoms. The molecule has 1 aromatic carbocycles. The molecule has 1 atom stereocenters. The zero-order valence-electron chi connectivity index (χ0n) is 11.9. The molecule has 1 unspecified atom stereocenters. The Kier molecular flexibility index (Phi) is 4.43. The van der Waals surface area contributed by atoms with E-state index in [9.17, 15) is 4.79 Å². The van der Waals surface area contributed by atoms with Crippen molar-refractivity contribution in [1.82, 2.24) is 10.2 Å². The highest BCUT2D eigenvalue weighted by molar-refractivity contribution is 6.52. The number of nitrogens with zero attached hydrogens (tertiary/aromatic N) is 1. The van der Waals surface area contributed by atoms with Gasteiger partial charge in [-0.1, -0.05) is 30.3 Å². The highest BCUT2D eigenvalue weighted by Crippen LogP contribution is 2.53. The summed E-state index contributed by atoms with van der Waals surface area (Å²) in [6.07, 6.45) is 2.56. The second kappa shape index (κ2) is 6.15. The lowest BCUT2D eigenvalue weighted by molar-refractivity contribution is -0.123. The fourth-order valence-electron chi connectivity index (χ4n) is 2.88. The summed E-state index contributed by atoms with van der Waals surface area (Å²) >= 11 is 11.9. The minimum absolute atomic E-state index is 0.0153. The molecule has 2 fully saturated rings. The number of amides is 1. The summed E-state index contributed by atoms with van der Waals surface area (Å²) in [5, 5.41) is 3.09. The zero-order chi connectivity index (χ0) is 14.9. The molecule has 1 aliphatic heterocycles. The lowest BCUT2D eigenvalue weighted by Gasteiger charge is -2.32. The van der Waals surface area contributed by atoms with Crippen molar-refractivity contribution >= 4 is 29.1 Å². The average Bonchev–Trinajstić information content (AvgIpc) is 3.11. The van der Waals surface area contributed by atoms with Crippen molar-refractivity contribution in [3.8, 4) is 0 Å². The minimum Gasteiger partial charge on any atom is -0.353 e. The zero-order valence-corrected chi connectivity index (χ0v) is 13.4. The van der Waals surface area contributed by atoms with Gasteiger partial charge in [-0.15, -0.1) is 23.2 Å². The molecular formula is C16H20Cl2N2O. The Morgan fingerprint density at radius 2 is 1.86 bits per heavy atom. The molecule has 0 radical (unpaired) electrons. The Bertz CT molecular complexity index is 498. The van der Waals surface area contributed by atoms with Crippen LogP contribution in [-0.4, -0.2) is 34.3 Å². The number of alkyl halides is 2. The molecule has 1 N–H and O–H groups in total. The number of piperidine rings is 1. The molecule has 2 aliphatic rings. The van der Waals surface area contributed by atoms with E-state index in [0.717, 1.165) is 32.5 Å². The van der Waals surface area contributed by atoms with Gasteiger partial charge in [-0.3, -0.25) is 9.69 Å². The molecule has 3 nitrogen and oxygen atoms in total. The fraction of sp³-hybridized carbons (Fsp3) is 0.562. The number of carbonyl (C=O) groups excluding carboxylic acids is 1. The van der Waals surface area contributed by atoms with Crippen LogP contribution in [0.2, 0.25) is 0 Å². The van der Waals surface area contributed by atoms with Crippen molar-refractivity contribution in [3.63, 3.8) is 0 Å². The predicted octanol–water partition coefficient (Wildman–Crippen LogP) is 2.96. The van der Waals surface area contributed by atoms with Crippen molar-refractivity contribution < 1.29 is 4.79 Å². The maximum atomic E-state index is 12.0. The van der Waals surface area contributed by atoms with Crippen molar-refractivity contribution in [2.24, 2.45) is 5.92 Å². The van der Waals surface area contributed by atoms with Crippen LogP contribution in [0.15, 0.2) is 30.3 Å². The molecule has 0 aromatic heterocycles. The monoisotopic (exact) mass is 326 g/mol.